The Morgan fingerprint density at radius 2 is 0.742 bits per heavy atom. The second kappa shape index (κ2) is 23.6. The molecule has 0 heterocycles. The van der Waals surface area contributed by atoms with Crippen LogP contribution in [0.2, 0.25) is 0 Å². The Morgan fingerprint density at radius 3 is 0.871 bits per heavy atom. The van der Waals surface area contributed by atoms with Gasteiger partial charge in [0.15, 0.2) is 0 Å². The molecule has 0 spiro atoms. The van der Waals surface area contributed by atoms with Gasteiger partial charge in [-0.05, 0) is 0 Å². The van der Waals surface area contributed by atoms with Gasteiger partial charge >= 0.3 is 17.1 Å². The van der Waals surface area contributed by atoms with Crippen molar-refractivity contribution in [2.24, 2.45) is 0 Å². The molecule has 31 heavy (non-hydrogen) atoms. The molecule has 1 radical (unpaired) electrons. The van der Waals surface area contributed by atoms with Crippen LogP contribution in [0.1, 0.15) is 0 Å². The fourth-order valence-corrected chi connectivity index (χ4v) is 1.32. The normalized spacial score (nSPS) is 17.1. The molecule has 0 aromatic rings. The Kier molecular flexibility index (Phi) is 36.2. The quantitative estimate of drug-likeness (QED) is 0.118. The molecule has 197 valence electrons. The predicted molar refractivity (Wildman–Crippen MR) is 86.7 cm³/mol. The molecule has 0 bridgehead atoms. The number of carbonyl (C=O) groups is 2. The molecule has 0 unspecified atom stereocenters. The van der Waals surface area contributed by atoms with Crippen molar-refractivity contribution in [3.05, 3.63) is 0 Å². The zero-order chi connectivity index (χ0) is 21.2. The van der Waals surface area contributed by atoms with Crippen molar-refractivity contribution in [2.75, 3.05) is 13.2 Å². The standard InChI is InChI=1S/2C6H12O7.Cu.4H2O/c2*7-1-2(8)3(9)4(10)5(11)6(12)13;;;;;/h2*2-5,7-11H,1H2,(H,12,13);;4*1H2/q;;+2;;;;/p-2/t2*2-,3-,4+,5-;;;;;/m11...../s1. The van der Waals surface area contributed by atoms with Crippen molar-refractivity contribution in [3.8, 4) is 0 Å². The summed E-state index contributed by atoms with van der Waals surface area (Å²) in [6.45, 7) is -1.73. The molecular weight excluding hydrogens is 496 g/mol. The van der Waals surface area contributed by atoms with Crippen LogP contribution in [0.4, 0.5) is 0 Å². The van der Waals surface area contributed by atoms with Crippen LogP contribution in [0.15, 0.2) is 0 Å². The predicted octanol–water partition coefficient (Wildman–Crippen LogP) is -13.0. The summed E-state index contributed by atoms with van der Waals surface area (Å²) in [4.78, 5) is 20.0. The van der Waals surface area contributed by atoms with Crippen LogP contribution in [0.25, 0.3) is 0 Å². The Labute approximate surface area is 184 Å². The van der Waals surface area contributed by atoms with Crippen molar-refractivity contribution in [1.29, 1.82) is 0 Å². The number of aliphatic carboxylic acids is 2. The fourth-order valence-electron chi connectivity index (χ4n) is 1.32. The van der Waals surface area contributed by atoms with E-state index >= 15 is 0 Å². The maximum atomic E-state index is 9.98. The van der Waals surface area contributed by atoms with Crippen molar-refractivity contribution in [3.63, 3.8) is 0 Å². The van der Waals surface area contributed by atoms with E-state index in [1.165, 1.54) is 0 Å². The minimum Gasteiger partial charge on any atom is -0.547 e. The van der Waals surface area contributed by atoms with Crippen LogP contribution in [0, 0.1) is 0 Å². The van der Waals surface area contributed by atoms with Crippen LogP contribution in [-0.2, 0) is 26.7 Å². The van der Waals surface area contributed by atoms with E-state index < -0.39 is 74.0 Å². The Balaban J connectivity index is -0.0000000640. The third-order valence-corrected chi connectivity index (χ3v) is 2.99. The number of carboxylic acids is 2. The molecule has 0 fully saturated rings. The zero-order valence-corrected chi connectivity index (χ0v) is 16.4. The van der Waals surface area contributed by atoms with E-state index in [-0.39, 0.29) is 39.0 Å². The maximum absolute atomic E-state index is 9.98. The van der Waals surface area contributed by atoms with Crippen LogP contribution in [-0.4, -0.2) is 147 Å². The molecule has 0 aromatic carbocycles. The SMILES string of the molecule is O.O.O.O.O=C([O-])[C@H](O)[C@@H](O)[C@H](O)[C@H](O)CO.O=C([O-])[C@H](O)[C@@H](O)[C@H](O)[C@H](O)CO.[Cu+2]. The minimum atomic E-state index is -2.31. The van der Waals surface area contributed by atoms with E-state index in [1.54, 1.807) is 0 Å². The summed E-state index contributed by atoms with van der Waals surface area (Å²) in [5, 5.41) is 107. The van der Waals surface area contributed by atoms with Gasteiger partial charge in [0.1, 0.15) is 48.8 Å². The molecule has 8 atom stereocenters. The first kappa shape index (κ1) is 47.6. The molecule has 18 N–H and O–H groups in total. The molecule has 0 amide bonds. The first-order chi connectivity index (χ1) is 11.8. The summed E-state index contributed by atoms with van der Waals surface area (Å²) >= 11 is 0. The number of aliphatic hydroxyl groups is 10. The number of hydrogen-bond acceptors (Lipinski definition) is 14. The first-order valence-electron chi connectivity index (χ1n) is 6.91. The number of rotatable bonds is 10. The van der Waals surface area contributed by atoms with Gasteiger partial charge in [0.25, 0.3) is 0 Å². The molecule has 18 nitrogen and oxygen atoms in total. The van der Waals surface area contributed by atoms with E-state index in [0.717, 1.165) is 0 Å². The summed E-state index contributed by atoms with van der Waals surface area (Å²) in [7, 11) is 0. The molecule has 0 saturated carbocycles. The van der Waals surface area contributed by atoms with Crippen molar-refractivity contribution >= 4 is 11.9 Å². The third-order valence-electron chi connectivity index (χ3n) is 2.99. The molecule has 0 aromatic heterocycles. The van der Waals surface area contributed by atoms with E-state index in [9.17, 15) is 19.8 Å². The summed E-state index contributed by atoms with van der Waals surface area (Å²) in [5.74, 6) is -3.95. The van der Waals surface area contributed by atoms with Gasteiger partial charge in [-0.2, -0.15) is 0 Å². The average Bonchev–Trinajstić information content (AvgIpc) is 2.62. The summed E-state index contributed by atoms with van der Waals surface area (Å²) in [6.07, 6.45) is -16.2. The second-order valence-corrected chi connectivity index (χ2v) is 4.99. The van der Waals surface area contributed by atoms with Gasteiger partial charge in [-0.25, -0.2) is 0 Å². The molecule has 0 aliphatic heterocycles. The van der Waals surface area contributed by atoms with Gasteiger partial charge in [-0.1, -0.05) is 0 Å². The summed E-state index contributed by atoms with van der Waals surface area (Å²) < 4.78 is 0. The van der Waals surface area contributed by atoms with Gasteiger partial charge in [-0.15, -0.1) is 0 Å². The van der Waals surface area contributed by atoms with E-state index in [1.807, 2.05) is 0 Å². The van der Waals surface area contributed by atoms with Gasteiger partial charge in [0.05, 0.1) is 25.2 Å². The van der Waals surface area contributed by atoms with Crippen molar-refractivity contribution < 1.29 is 110 Å². The summed E-state index contributed by atoms with van der Waals surface area (Å²) in [5.41, 5.74) is 0. The van der Waals surface area contributed by atoms with E-state index in [2.05, 4.69) is 0 Å². The van der Waals surface area contributed by atoms with E-state index in [4.69, 9.17) is 51.1 Å². The van der Waals surface area contributed by atoms with Crippen LogP contribution < -0.4 is 10.2 Å². The number of carbonyl (C=O) groups excluding carboxylic acids is 2. The topological polar surface area (TPSA) is 409 Å². The van der Waals surface area contributed by atoms with Gasteiger partial charge in [0, 0.05) is 0 Å². The first-order valence-corrected chi connectivity index (χ1v) is 6.91. The zero-order valence-electron chi connectivity index (χ0n) is 15.4. The molecule has 19 heteroatoms. The Hall–Kier alpha value is -1.10. The number of hydrogen-bond donors (Lipinski definition) is 10. The Morgan fingerprint density at radius 1 is 0.548 bits per heavy atom. The summed E-state index contributed by atoms with van der Waals surface area (Å²) in [6, 6.07) is 0. The average molecular weight is 526 g/mol. The largest absolute Gasteiger partial charge is 2.00 e. The van der Waals surface area contributed by atoms with Gasteiger partial charge in [0.2, 0.25) is 0 Å². The third kappa shape index (κ3) is 17.2. The van der Waals surface area contributed by atoms with Crippen molar-refractivity contribution in [1.82, 2.24) is 0 Å². The fraction of sp³-hybridized carbons (Fsp3) is 0.833. The van der Waals surface area contributed by atoms with Gasteiger partial charge in [-0.3, -0.25) is 0 Å². The monoisotopic (exact) mass is 525 g/mol. The van der Waals surface area contributed by atoms with Crippen molar-refractivity contribution in [2.45, 2.75) is 48.8 Å². The Bertz CT molecular complexity index is 388. The number of carboxylic acid groups (broad SMARTS) is 2. The number of aliphatic hydroxyl groups excluding tert-OH is 10. The van der Waals surface area contributed by atoms with Crippen LogP contribution >= 0.6 is 0 Å². The minimum absolute atomic E-state index is 0. The molecule has 0 saturated heterocycles. The van der Waals surface area contributed by atoms with E-state index in [0.29, 0.717) is 0 Å². The molecule has 0 rings (SSSR count). The van der Waals surface area contributed by atoms with Crippen LogP contribution in [0.3, 0.4) is 0 Å². The maximum Gasteiger partial charge on any atom is 2.00 e. The molecular formula is C12H30CuO18. The second-order valence-electron chi connectivity index (χ2n) is 4.99. The van der Waals surface area contributed by atoms with Crippen LogP contribution in [0.5, 0.6) is 0 Å². The smallest absolute Gasteiger partial charge is 0.547 e. The molecule has 0 aliphatic carbocycles. The molecule has 0 aliphatic rings. The van der Waals surface area contributed by atoms with Gasteiger partial charge < -0.3 is 92.8 Å².